The van der Waals surface area contributed by atoms with Crippen LogP contribution in [-0.2, 0) is 4.79 Å². The molecule has 1 unspecified atom stereocenters. The third-order valence-corrected chi connectivity index (χ3v) is 5.66. The van der Waals surface area contributed by atoms with Crippen molar-refractivity contribution in [2.45, 2.75) is 26.1 Å². The topological polar surface area (TPSA) is 101 Å². The molecule has 1 aromatic heterocycles. The molecule has 0 aliphatic carbocycles. The Hall–Kier alpha value is -2.94. The average molecular weight is 385 g/mol. The van der Waals surface area contributed by atoms with E-state index in [1.54, 1.807) is 31.3 Å². The molecule has 1 aliphatic rings. The Morgan fingerprint density at radius 3 is 2.78 bits per heavy atom. The Labute approximate surface area is 160 Å². The summed E-state index contributed by atoms with van der Waals surface area (Å²) in [7, 11) is 0. The molecule has 9 heteroatoms. The lowest BCUT2D eigenvalue weighted by molar-refractivity contribution is -0.385. The first-order chi connectivity index (χ1) is 12.9. The van der Waals surface area contributed by atoms with Gasteiger partial charge >= 0.3 is 0 Å². The summed E-state index contributed by atoms with van der Waals surface area (Å²) in [5.41, 5.74) is 2.86. The van der Waals surface area contributed by atoms with Crippen molar-refractivity contribution < 1.29 is 9.72 Å². The number of aldehydes is 1. The van der Waals surface area contributed by atoms with Crippen LogP contribution in [0.25, 0.3) is 4.91 Å². The van der Waals surface area contributed by atoms with E-state index >= 15 is 0 Å². The molecule has 0 spiro atoms. The second kappa shape index (κ2) is 7.75. The molecule has 1 aliphatic heterocycles. The van der Waals surface area contributed by atoms with Crippen molar-refractivity contribution in [1.29, 1.82) is 0 Å². The lowest BCUT2D eigenvalue weighted by Crippen LogP contribution is -2.28. The predicted octanol–water partition coefficient (Wildman–Crippen LogP) is 3.72. The van der Waals surface area contributed by atoms with Gasteiger partial charge in [-0.3, -0.25) is 10.1 Å². The van der Waals surface area contributed by atoms with E-state index in [0.29, 0.717) is 22.9 Å². The standard InChI is InChI=1S/C18H19N5O3S/c1-4-22-12(3)17(27-16(22)10-24)14-7-8-19-18(21-14)20-13-6-5-11(2)15(9-13)23(25)26/h5-10,16H,4H2,1-3H3,(H,19,20,21). The van der Waals surface area contributed by atoms with Gasteiger partial charge in [-0.25, -0.2) is 9.97 Å². The van der Waals surface area contributed by atoms with Gasteiger partial charge in [0.1, 0.15) is 5.37 Å². The first-order valence-electron chi connectivity index (χ1n) is 8.39. The highest BCUT2D eigenvalue weighted by Crippen LogP contribution is 2.42. The molecule has 0 radical (unpaired) electrons. The molecule has 27 heavy (non-hydrogen) atoms. The molecule has 0 bridgehead atoms. The molecule has 0 saturated carbocycles. The molecular formula is C18H19N5O3S. The fraction of sp³-hybridized carbons (Fsp3) is 0.278. The maximum atomic E-state index is 11.3. The lowest BCUT2D eigenvalue weighted by Gasteiger charge is -2.21. The highest BCUT2D eigenvalue weighted by atomic mass is 32.2. The van der Waals surface area contributed by atoms with Crippen molar-refractivity contribution >= 4 is 40.3 Å². The zero-order valence-corrected chi connectivity index (χ0v) is 16.0. The smallest absolute Gasteiger partial charge is 0.274 e. The van der Waals surface area contributed by atoms with Crippen LogP contribution >= 0.6 is 11.8 Å². The van der Waals surface area contributed by atoms with E-state index in [1.165, 1.54) is 17.8 Å². The van der Waals surface area contributed by atoms with Crippen LogP contribution in [0.3, 0.4) is 0 Å². The van der Waals surface area contributed by atoms with Crippen molar-refractivity contribution in [3.8, 4) is 0 Å². The van der Waals surface area contributed by atoms with Crippen molar-refractivity contribution in [3.63, 3.8) is 0 Å². The number of hydrogen-bond donors (Lipinski definition) is 1. The number of benzene rings is 1. The monoisotopic (exact) mass is 385 g/mol. The molecule has 0 saturated heterocycles. The van der Waals surface area contributed by atoms with Crippen LogP contribution in [0.5, 0.6) is 0 Å². The molecule has 1 N–H and O–H groups in total. The molecular weight excluding hydrogens is 366 g/mol. The number of aromatic nitrogens is 2. The summed E-state index contributed by atoms with van der Waals surface area (Å²) in [6, 6.07) is 6.67. The number of allylic oxidation sites excluding steroid dienone is 1. The van der Waals surface area contributed by atoms with Gasteiger partial charge in [0.15, 0.2) is 6.29 Å². The van der Waals surface area contributed by atoms with Gasteiger partial charge < -0.3 is 15.0 Å². The summed E-state index contributed by atoms with van der Waals surface area (Å²) in [5, 5.41) is 13.9. The van der Waals surface area contributed by atoms with E-state index in [0.717, 1.165) is 23.4 Å². The number of carbonyl (C=O) groups is 1. The molecule has 8 nitrogen and oxygen atoms in total. The van der Waals surface area contributed by atoms with Gasteiger partial charge in [0.2, 0.25) is 5.95 Å². The SMILES string of the molecule is CCN1C(C)=C(c2ccnc(Nc3ccc(C)c([N+](=O)[O-])c3)n2)SC1C=O. The number of likely N-dealkylation sites (N-methyl/N-ethyl adjacent to an activating group) is 1. The molecule has 2 heterocycles. The minimum Gasteiger partial charge on any atom is -0.356 e. The van der Waals surface area contributed by atoms with Crippen molar-refractivity contribution in [1.82, 2.24) is 14.9 Å². The average Bonchev–Trinajstić information content (AvgIpc) is 2.99. The number of rotatable bonds is 6. The number of nitro benzene ring substituents is 1. The Bertz CT molecular complexity index is 931. The zero-order chi connectivity index (χ0) is 19.6. The minimum absolute atomic E-state index is 0.0356. The van der Waals surface area contributed by atoms with E-state index in [4.69, 9.17) is 0 Å². The predicted molar refractivity (Wildman–Crippen MR) is 106 cm³/mol. The second-order valence-corrected chi connectivity index (χ2v) is 7.12. The third kappa shape index (κ3) is 3.77. The van der Waals surface area contributed by atoms with Crippen LogP contribution in [-0.4, -0.2) is 38.0 Å². The van der Waals surface area contributed by atoms with E-state index in [2.05, 4.69) is 15.3 Å². The Morgan fingerprint density at radius 1 is 1.37 bits per heavy atom. The molecule has 1 atom stereocenters. The van der Waals surface area contributed by atoms with E-state index < -0.39 is 4.92 Å². The van der Waals surface area contributed by atoms with Crippen LogP contribution in [0.4, 0.5) is 17.3 Å². The maximum absolute atomic E-state index is 11.3. The molecule has 0 fully saturated rings. The van der Waals surface area contributed by atoms with Gasteiger partial charge in [-0.15, -0.1) is 0 Å². The zero-order valence-electron chi connectivity index (χ0n) is 15.2. The highest BCUT2D eigenvalue weighted by molar-refractivity contribution is 8.09. The van der Waals surface area contributed by atoms with Crippen molar-refractivity contribution in [3.05, 3.63) is 57.5 Å². The first kappa shape index (κ1) is 18.8. The Balaban J connectivity index is 1.89. The van der Waals surface area contributed by atoms with Crippen LogP contribution in [0, 0.1) is 17.0 Å². The normalized spacial score (nSPS) is 16.6. The Morgan fingerprint density at radius 2 is 2.15 bits per heavy atom. The van der Waals surface area contributed by atoms with Gasteiger partial charge in [-0.2, -0.15) is 0 Å². The fourth-order valence-electron chi connectivity index (χ4n) is 2.91. The summed E-state index contributed by atoms with van der Waals surface area (Å²) in [6.45, 7) is 6.39. The van der Waals surface area contributed by atoms with E-state index in [1.807, 2.05) is 18.7 Å². The summed E-state index contributed by atoms with van der Waals surface area (Å²) in [6.07, 6.45) is 2.55. The van der Waals surface area contributed by atoms with Crippen LogP contribution in [0.2, 0.25) is 0 Å². The number of thioether (sulfide) groups is 1. The fourth-order valence-corrected chi connectivity index (χ4v) is 4.17. The third-order valence-electron chi connectivity index (χ3n) is 4.31. The minimum atomic E-state index is -0.417. The molecule has 2 aromatic rings. The number of hydrogen-bond acceptors (Lipinski definition) is 8. The highest BCUT2D eigenvalue weighted by Gasteiger charge is 2.30. The van der Waals surface area contributed by atoms with Crippen molar-refractivity contribution in [2.75, 3.05) is 11.9 Å². The van der Waals surface area contributed by atoms with E-state index in [-0.39, 0.29) is 11.1 Å². The van der Waals surface area contributed by atoms with Gasteiger partial charge in [-0.1, -0.05) is 17.8 Å². The molecule has 140 valence electrons. The van der Waals surface area contributed by atoms with Crippen LogP contribution in [0.1, 0.15) is 25.1 Å². The summed E-state index contributed by atoms with van der Waals surface area (Å²) in [4.78, 5) is 33.7. The Kier molecular flexibility index (Phi) is 5.41. The van der Waals surface area contributed by atoms with E-state index in [9.17, 15) is 14.9 Å². The quantitative estimate of drug-likeness (QED) is 0.456. The number of nitrogens with zero attached hydrogens (tertiary/aromatic N) is 4. The van der Waals surface area contributed by atoms with Gasteiger partial charge in [0.25, 0.3) is 5.69 Å². The molecule has 0 amide bonds. The van der Waals surface area contributed by atoms with Crippen LogP contribution in [0.15, 0.2) is 36.2 Å². The van der Waals surface area contributed by atoms with Crippen LogP contribution < -0.4 is 5.32 Å². The first-order valence-corrected chi connectivity index (χ1v) is 9.27. The molecule has 3 rings (SSSR count). The summed E-state index contributed by atoms with van der Waals surface area (Å²) in [5.74, 6) is 0.337. The second-order valence-electron chi connectivity index (χ2n) is 5.99. The largest absolute Gasteiger partial charge is 0.356 e. The van der Waals surface area contributed by atoms with Crippen molar-refractivity contribution in [2.24, 2.45) is 0 Å². The van der Waals surface area contributed by atoms with Gasteiger partial charge in [0.05, 0.1) is 15.5 Å². The lowest BCUT2D eigenvalue weighted by atomic mass is 10.2. The van der Waals surface area contributed by atoms with Gasteiger partial charge in [-0.05, 0) is 32.9 Å². The van der Waals surface area contributed by atoms with Gasteiger partial charge in [0, 0.05) is 35.8 Å². The summed E-state index contributed by atoms with van der Waals surface area (Å²) >= 11 is 1.46. The maximum Gasteiger partial charge on any atom is 0.274 e. The number of aryl methyl sites for hydroxylation is 1. The number of nitro groups is 1. The number of carbonyl (C=O) groups excluding carboxylic acids is 1. The summed E-state index contributed by atoms with van der Waals surface area (Å²) < 4.78 is 0. The molecule has 1 aromatic carbocycles. The number of anilines is 2. The number of nitrogens with one attached hydrogen (secondary N) is 1.